The number of carbonyl (C=O) groups is 1. The van der Waals surface area contributed by atoms with Crippen molar-refractivity contribution in [2.45, 2.75) is 26.1 Å². The van der Waals surface area contributed by atoms with Gasteiger partial charge in [0.15, 0.2) is 0 Å². The number of urea groups is 1. The minimum absolute atomic E-state index is 0.0575. The van der Waals surface area contributed by atoms with Crippen LogP contribution in [0.3, 0.4) is 0 Å². The zero-order valence-corrected chi connectivity index (χ0v) is 16.6. The van der Waals surface area contributed by atoms with Gasteiger partial charge in [-0.3, -0.25) is 4.68 Å². The van der Waals surface area contributed by atoms with Crippen molar-refractivity contribution in [2.24, 2.45) is 0 Å². The molecule has 1 heterocycles. The van der Waals surface area contributed by atoms with Crippen LogP contribution in [-0.4, -0.2) is 15.8 Å². The number of nitrogens with one attached hydrogen (secondary N) is 2. The Kier molecular flexibility index (Phi) is 6.54. The lowest BCUT2D eigenvalue weighted by Gasteiger charge is -2.16. The number of hydrogen-bond acceptors (Lipinski definition) is 2. The van der Waals surface area contributed by atoms with E-state index in [-0.39, 0.29) is 5.02 Å². The number of amides is 2. The Morgan fingerprint density at radius 3 is 2.68 bits per heavy atom. The smallest absolute Gasteiger partial charge is 0.315 e. The average molecular weight is 421 g/mol. The summed E-state index contributed by atoms with van der Waals surface area (Å²) in [6.07, 6.45) is 3.58. The SMILES string of the molecule is CC(NC(=O)NCc1cnn(Cc2ccccc2)c1)c1cc(F)c(Cl)cc1Cl. The molecule has 2 N–H and O–H groups in total. The van der Waals surface area contributed by atoms with Crippen LogP contribution in [0, 0.1) is 5.82 Å². The Labute approximate surface area is 172 Å². The number of rotatable bonds is 6. The minimum atomic E-state index is -0.582. The van der Waals surface area contributed by atoms with Crippen LogP contribution in [0.2, 0.25) is 10.0 Å². The Morgan fingerprint density at radius 1 is 1.18 bits per heavy atom. The number of carbonyl (C=O) groups excluding carboxylic acids is 1. The molecule has 0 aliphatic rings. The third-order valence-electron chi connectivity index (χ3n) is 4.18. The van der Waals surface area contributed by atoms with Gasteiger partial charge in [0.25, 0.3) is 0 Å². The van der Waals surface area contributed by atoms with Crippen molar-refractivity contribution in [1.82, 2.24) is 20.4 Å². The summed E-state index contributed by atoms with van der Waals surface area (Å²) in [6, 6.07) is 11.6. The van der Waals surface area contributed by atoms with Crippen molar-refractivity contribution in [2.75, 3.05) is 0 Å². The molecule has 8 heteroatoms. The van der Waals surface area contributed by atoms with Gasteiger partial charge in [-0.15, -0.1) is 0 Å². The van der Waals surface area contributed by atoms with E-state index in [1.54, 1.807) is 13.1 Å². The Hall–Kier alpha value is -2.57. The predicted octanol–water partition coefficient (Wildman–Crippen LogP) is 4.94. The molecular weight excluding hydrogens is 402 g/mol. The number of benzene rings is 2. The molecule has 146 valence electrons. The Bertz CT molecular complexity index is 962. The standard InChI is InChI=1S/C20H19Cl2FN4O/c1-13(16-7-19(23)18(22)8-17(16)21)26-20(28)24-9-15-10-25-27(12-15)11-14-5-3-2-4-6-14/h2-8,10,12-13H,9,11H2,1H3,(H2,24,26,28). The molecule has 0 spiro atoms. The lowest BCUT2D eigenvalue weighted by atomic mass is 10.1. The summed E-state index contributed by atoms with van der Waals surface area (Å²) < 4.78 is 15.5. The van der Waals surface area contributed by atoms with Crippen molar-refractivity contribution in [3.8, 4) is 0 Å². The van der Waals surface area contributed by atoms with E-state index in [0.717, 1.165) is 11.1 Å². The van der Waals surface area contributed by atoms with Gasteiger partial charge in [0.05, 0.1) is 23.8 Å². The van der Waals surface area contributed by atoms with Crippen LogP contribution in [0.15, 0.2) is 54.9 Å². The summed E-state index contributed by atoms with van der Waals surface area (Å²) in [6.45, 7) is 2.69. The summed E-state index contributed by atoms with van der Waals surface area (Å²) >= 11 is 11.8. The van der Waals surface area contributed by atoms with Gasteiger partial charge in [0.1, 0.15) is 5.82 Å². The molecule has 2 aromatic carbocycles. The third-order valence-corrected chi connectivity index (χ3v) is 4.80. The van der Waals surface area contributed by atoms with Crippen molar-refractivity contribution in [1.29, 1.82) is 0 Å². The van der Waals surface area contributed by atoms with Crippen LogP contribution < -0.4 is 10.6 Å². The summed E-state index contributed by atoms with van der Waals surface area (Å²) in [5.41, 5.74) is 2.47. The van der Waals surface area contributed by atoms with E-state index in [1.807, 2.05) is 41.2 Å². The van der Waals surface area contributed by atoms with E-state index in [9.17, 15) is 9.18 Å². The summed E-state index contributed by atoms with van der Waals surface area (Å²) in [5, 5.41) is 10.0. The highest BCUT2D eigenvalue weighted by Gasteiger charge is 2.15. The van der Waals surface area contributed by atoms with Gasteiger partial charge in [0, 0.05) is 23.3 Å². The van der Waals surface area contributed by atoms with Crippen molar-refractivity contribution >= 4 is 29.2 Å². The molecular formula is C20H19Cl2FN4O. The van der Waals surface area contributed by atoms with Gasteiger partial charge >= 0.3 is 6.03 Å². The third kappa shape index (κ3) is 5.24. The van der Waals surface area contributed by atoms with Crippen LogP contribution in [0.4, 0.5) is 9.18 Å². The second kappa shape index (κ2) is 9.08. The number of nitrogens with zero attached hydrogens (tertiary/aromatic N) is 2. The molecule has 5 nitrogen and oxygen atoms in total. The second-order valence-electron chi connectivity index (χ2n) is 6.37. The second-order valence-corrected chi connectivity index (χ2v) is 7.18. The van der Waals surface area contributed by atoms with Crippen LogP contribution in [-0.2, 0) is 13.1 Å². The monoisotopic (exact) mass is 420 g/mol. The molecule has 0 saturated carbocycles. The summed E-state index contributed by atoms with van der Waals surface area (Å²) in [4.78, 5) is 12.1. The molecule has 0 aliphatic carbocycles. The molecule has 0 bridgehead atoms. The Balaban J connectivity index is 1.52. The fourth-order valence-corrected chi connectivity index (χ4v) is 3.28. The van der Waals surface area contributed by atoms with Gasteiger partial charge in [-0.05, 0) is 30.2 Å². The van der Waals surface area contributed by atoms with E-state index in [0.29, 0.717) is 23.7 Å². The molecule has 3 rings (SSSR count). The molecule has 0 radical (unpaired) electrons. The normalized spacial score (nSPS) is 11.9. The summed E-state index contributed by atoms with van der Waals surface area (Å²) in [5.74, 6) is -0.582. The van der Waals surface area contributed by atoms with Gasteiger partial charge in [-0.25, -0.2) is 9.18 Å². The minimum Gasteiger partial charge on any atom is -0.334 e. The van der Waals surface area contributed by atoms with Crippen LogP contribution >= 0.6 is 23.2 Å². The zero-order chi connectivity index (χ0) is 20.1. The average Bonchev–Trinajstić information content (AvgIpc) is 3.11. The molecule has 1 atom stereocenters. The van der Waals surface area contributed by atoms with Gasteiger partial charge in [-0.1, -0.05) is 53.5 Å². The van der Waals surface area contributed by atoms with Crippen LogP contribution in [0.5, 0.6) is 0 Å². The quantitative estimate of drug-likeness (QED) is 0.554. The van der Waals surface area contributed by atoms with Gasteiger partial charge < -0.3 is 10.6 Å². The van der Waals surface area contributed by atoms with Gasteiger partial charge in [-0.2, -0.15) is 5.10 Å². The molecule has 0 aliphatic heterocycles. The fraction of sp³-hybridized carbons (Fsp3) is 0.200. The predicted molar refractivity (Wildman–Crippen MR) is 108 cm³/mol. The van der Waals surface area contributed by atoms with E-state index < -0.39 is 17.9 Å². The maximum absolute atomic E-state index is 13.7. The zero-order valence-electron chi connectivity index (χ0n) is 15.1. The maximum atomic E-state index is 13.7. The maximum Gasteiger partial charge on any atom is 0.315 e. The fourth-order valence-electron chi connectivity index (χ4n) is 2.73. The first kappa shape index (κ1) is 20.2. The largest absolute Gasteiger partial charge is 0.334 e. The van der Waals surface area contributed by atoms with Crippen LogP contribution in [0.1, 0.15) is 29.7 Å². The van der Waals surface area contributed by atoms with E-state index in [1.165, 1.54) is 12.1 Å². The highest BCUT2D eigenvalue weighted by molar-refractivity contribution is 6.35. The number of aromatic nitrogens is 2. The highest BCUT2D eigenvalue weighted by Crippen LogP contribution is 2.28. The number of hydrogen-bond donors (Lipinski definition) is 2. The van der Waals surface area contributed by atoms with E-state index in [4.69, 9.17) is 23.2 Å². The lowest BCUT2D eigenvalue weighted by Crippen LogP contribution is -2.36. The van der Waals surface area contributed by atoms with Crippen molar-refractivity contribution < 1.29 is 9.18 Å². The molecule has 1 unspecified atom stereocenters. The van der Waals surface area contributed by atoms with E-state index >= 15 is 0 Å². The first-order valence-corrected chi connectivity index (χ1v) is 9.42. The van der Waals surface area contributed by atoms with Gasteiger partial charge in [0.2, 0.25) is 0 Å². The van der Waals surface area contributed by atoms with Crippen molar-refractivity contribution in [3.63, 3.8) is 0 Å². The lowest BCUT2D eigenvalue weighted by molar-refractivity contribution is 0.237. The molecule has 0 saturated heterocycles. The van der Waals surface area contributed by atoms with E-state index in [2.05, 4.69) is 15.7 Å². The van der Waals surface area contributed by atoms with Crippen LogP contribution in [0.25, 0.3) is 0 Å². The first-order chi connectivity index (χ1) is 13.4. The highest BCUT2D eigenvalue weighted by atomic mass is 35.5. The molecule has 2 amide bonds. The number of halogens is 3. The molecule has 1 aromatic heterocycles. The molecule has 3 aromatic rings. The first-order valence-electron chi connectivity index (χ1n) is 8.66. The van der Waals surface area contributed by atoms with Crippen molar-refractivity contribution in [3.05, 3.63) is 87.4 Å². The molecule has 0 fully saturated rings. The topological polar surface area (TPSA) is 59.0 Å². The summed E-state index contributed by atoms with van der Waals surface area (Å²) in [7, 11) is 0. The molecule has 28 heavy (non-hydrogen) atoms. The Morgan fingerprint density at radius 2 is 1.93 bits per heavy atom.